The number of halogens is 1. The summed E-state index contributed by atoms with van der Waals surface area (Å²) in [6, 6.07) is 35.5. The van der Waals surface area contributed by atoms with Gasteiger partial charge in [0.15, 0.2) is 34.9 Å². The summed E-state index contributed by atoms with van der Waals surface area (Å²) in [5, 5.41) is 31.3. The fraction of sp³-hybridized carbons (Fsp3) is 0.463. The standard InChI is InChI=1S/C41H49N3O3.C29H27N3O2.C12H23ClO/c1-2-3-4-5-6-7-8-9-10-19-38(46)47-35-24-25-36(37(45)28-35)41-43-39(33-22-20-29-15-11-13-17-31(29)26-33)42-40(44-41)34-23-21-30-16-12-14-18-32(30)27-34;33-24-13-14-25(26(34)17-24)29-31-27(22-11-9-18-5-1-3-7-20(18)15-22)30-28(32-29)23-12-10-19-6-2-4-8-21(19)16-23;1-2-3-4-5-6-7-8-9-10-11-12(13)14/h20-28,45H,2-19H2,1H3;9-17,33-34H,1-8H2;2-11H2,1H3. The van der Waals surface area contributed by atoms with Gasteiger partial charge in [-0.2, -0.15) is 0 Å². The minimum absolute atomic E-state index is 0.000118. The highest BCUT2D eigenvalue weighted by Gasteiger charge is 2.22. The molecule has 12 nitrogen and oxygen atoms in total. The molecule has 13 heteroatoms. The molecule has 95 heavy (non-hydrogen) atoms. The van der Waals surface area contributed by atoms with Gasteiger partial charge in [0.1, 0.15) is 23.0 Å². The van der Waals surface area contributed by atoms with Crippen LogP contribution >= 0.6 is 11.6 Å². The van der Waals surface area contributed by atoms with Crippen LogP contribution in [0.4, 0.5) is 0 Å². The van der Waals surface area contributed by atoms with Crippen molar-refractivity contribution >= 4 is 22.8 Å². The second-order valence-corrected chi connectivity index (χ2v) is 27.2. The Morgan fingerprint density at radius 3 is 0.989 bits per heavy atom. The van der Waals surface area contributed by atoms with Crippen LogP contribution < -0.4 is 4.74 Å². The molecule has 0 radical (unpaired) electrons. The number of carbonyl (C=O) groups is 2. The summed E-state index contributed by atoms with van der Waals surface area (Å²) >= 11 is 5.24. The zero-order valence-electron chi connectivity index (χ0n) is 56.5. The highest BCUT2D eigenvalue weighted by atomic mass is 35.5. The lowest BCUT2D eigenvalue weighted by Crippen LogP contribution is -2.07. The van der Waals surface area contributed by atoms with Crippen molar-refractivity contribution in [3.05, 3.63) is 154 Å². The predicted octanol–water partition coefficient (Wildman–Crippen LogP) is 20.9. The van der Waals surface area contributed by atoms with Gasteiger partial charge in [-0.25, -0.2) is 29.9 Å². The highest BCUT2D eigenvalue weighted by molar-refractivity contribution is 6.63. The number of aromatic hydroxyl groups is 3. The Labute approximate surface area is 569 Å². The van der Waals surface area contributed by atoms with Crippen molar-refractivity contribution in [1.82, 2.24) is 29.9 Å². The number of esters is 1. The third kappa shape index (κ3) is 20.6. The summed E-state index contributed by atoms with van der Waals surface area (Å²) in [5.74, 6) is 3.13. The number of nitrogens with zero attached hydrogens (tertiary/aromatic N) is 6. The van der Waals surface area contributed by atoms with E-state index < -0.39 is 0 Å². The summed E-state index contributed by atoms with van der Waals surface area (Å²) < 4.78 is 5.60. The SMILES string of the molecule is CCCCCCCCCCCC(=O)Cl.CCCCCCCCCCCC(=O)Oc1ccc(-c2nc(-c3ccc4c(c3)CCCC4)nc(-c3ccc4c(c3)CCCC4)n2)c(O)c1.Oc1ccc(-c2nc(-c3ccc4c(c3)CCCC4)nc(-c3ccc4c(c3)CCCC4)n2)c(O)c1. The number of fused-ring (bicyclic) bond motifs is 4. The number of ether oxygens (including phenoxy) is 1. The molecule has 8 aromatic rings. The number of aryl methyl sites for hydroxylation is 8. The second-order valence-electron chi connectivity index (χ2n) is 26.7. The highest BCUT2D eigenvalue weighted by Crippen LogP contribution is 2.38. The van der Waals surface area contributed by atoms with E-state index in [4.69, 9.17) is 46.2 Å². The minimum Gasteiger partial charge on any atom is -0.508 e. The molecule has 0 saturated heterocycles. The summed E-state index contributed by atoms with van der Waals surface area (Å²) in [6.45, 7) is 4.48. The van der Waals surface area contributed by atoms with E-state index in [1.807, 2.05) is 0 Å². The van der Waals surface area contributed by atoms with E-state index in [0.29, 0.717) is 64.7 Å². The Morgan fingerprint density at radius 2 is 0.653 bits per heavy atom. The summed E-state index contributed by atoms with van der Waals surface area (Å²) in [4.78, 5) is 52.1. The maximum atomic E-state index is 12.6. The van der Waals surface area contributed by atoms with Gasteiger partial charge in [0.25, 0.3) is 0 Å². The average Bonchev–Trinajstić information content (AvgIpc) is 0.824. The van der Waals surface area contributed by atoms with E-state index in [9.17, 15) is 24.9 Å². The molecule has 12 rings (SSSR count). The van der Waals surface area contributed by atoms with E-state index >= 15 is 0 Å². The number of hydrogen-bond donors (Lipinski definition) is 3. The van der Waals surface area contributed by atoms with Gasteiger partial charge < -0.3 is 20.1 Å². The van der Waals surface area contributed by atoms with E-state index in [1.165, 1.54) is 198 Å². The number of rotatable bonds is 27. The van der Waals surface area contributed by atoms with Gasteiger partial charge in [0, 0.05) is 47.2 Å². The van der Waals surface area contributed by atoms with E-state index in [1.54, 1.807) is 18.2 Å². The fourth-order valence-corrected chi connectivity index (χ4v) is 13.9. The van der Waals surface area contributed by atoms with Crippen LogP contribution in [0.1, 0.15) is 238 Å². The number of phenols is 3. The molecule has 0 fully saturated rings. The van der Waals surface area contributed by atoms with Gasteiger partial charge in [-0.05, 0) is 220 Å². The maximum absolute atomic E-state index is 12.6. The first-order chi connectivity index (χ1) is 46.5. The fourth-order valence-electron chi connectivity index (χ4n) is 13.8. The van der Waals surface area contributed by atoms with Crippen LogP contribution in [0, 0.1) is 0 Å². The van der Waals surface area contributed by atoms with Gasteiger partial charge in [0.2, 0.25) is 5.24 Å². The molecule has 2 aromatic heterocycles. The summed E-state index contributed by atoms with van der Waals surface area (Å²) in [7, 11) is 0. The lowest BCUT2D eigenvalue weighted by atomic mass is 9.90. The van der Waals surface area contributed by atoms with Crippen molar-refractivity contribution in [2.75, 3.05) is 0 Å². The van der Waals surface area contributed by atoms with Crippen molar-refractivity contribution in [3.63, 3.8) is 0 Å². The van der Waals surface area contributed by atoms with Gasteiger partial charge in [-0.3, -0.25) is 9.59 Å². The molecule has 0 saturated carbocycles. The number of carbonyl (C=O) groups excluding carboxylic acids is 2. The topological polar surface area (TPSA) is 181 Å². The van der Waals surface area contributed by atoms with E-state index in [2.05, 4.69) is 86.6 Å². The molecule has 3 N–H and O–H groups in total. The molecule has 0 unspecified atom stereocenters. The number of benzene rings is 6. The monoisotopic (exact) mass is 1300 g/mol. The first-order valence-corrected chi connectivity index (χ1v) is 36.6. The zero-order valence-corrected chi connectivity index (χ0v) is 57.2. The van der Waals surface area contributed by atoms with E-state index in [-0.39, 0.29) is 28.5 Å². The van der Waals surface area contributed by atoms with Crippen LogP contribution in [0.15, 0.2) is 109 Å². The molecular weight excluding hydrogens is 1200 g/mol. The Kier molecular flexibility index (Phi) is 26.8. The molecule has 4 aliphatic carbocycles. The molecule has 4 aliphatic rings. The molecule has 500 valence electrons. The number of phenolic OH excluding ortho intramolecular Hbond substituents is 3. The van der Waals surface area contributed by atoms with Crippen LogP contribution in [-0.4, -0.2) is 56.4 Å². The third-order valence-electron chi connectivity index (χ3n) is 19.3. The largest absolute Gasteiger partial charge is 0.508 e. The van der Waals surface area contributed by atoms with E-state index in [0.717, 1.165) is 106 Å². The lowest BCUT2D eigenvalue weighted by Gasteiger charge is -2.18. The lowest BCUT2D eigenvalue weighted by molar-refractivity contribution is -0.134. The minimum atomic E-state index is -0.273. The van der Waals surface area contributed by atoms with Crippen LogP contribution in [0.2, 0.25) is 0 Å². The molecule has 0 spiro atoms. The Balaban J connectivity index is 0.000000178. The number of hydrogen-bond acceptors (Lipinski definition) is 12. The van der Waals surface area contributed by atoms with Crippen molar-refractivity contribution in [3.8, 4) is 91.3 Å². The first kappa shape index (κ1) is 70.0. The summed E-state index contributed by atoms with van der Waals surface area (Å²) in [6.07, 6.45) is 41.7. The number of aromatic nitrogens is 6. The Bertz CT molecular complexity index is 3690. The molecule has 0 amide bonds. The Hall–Kier alpha value is -7.83. The second kappa shape index (κ2) is 36.3. The first-order valence-electron chi connectivity index (χ1n) is 36.2. The van der Waals surface area contributed by atoms with Crippen molar-refractivity contribution in [1.29, 1.82) is 0 Å². The Morgan fingerprint density at radius 1 is 0.347 bits per heavy atom. The third-order valence-corrected chi connectivity index (χ3v) is 19.5. The van der Waals surface area contributed by atoms with Crippen LogP contribution in [-0.2, 0) is 61.0 Å². The molecule has 2 heterocycles. The van der Waals surface area contributed by atoms with Crippen molar-refractivity contribution in [2.45, 2.75) is 245 Å². The molecular formula is C82H99ClN6O6. The van der Waals surface area contributed by atoms with Gasteiger partial charge in [-0.1, -0.05) is 165 Å². The van der Waals surface area contributed by atoms with Gasteiger partial charge in [0.05, 0.1) is 11.1 Å². The summed E-state index contributed by atoms with van der Waals surface area (Å²) in [5.41, 5.74) is 15.9. The predicted molar refractivity (Wildman–Crippen MR) is 384 cm³/mol. The van der Waals surface area contributed by atoms with Crippen molar-refractivity contribution < 1.29 is 29.6 Å². The zero-order chi connectivity index (χ0) is 66.1. The van der Waals surface area contributed by atoms with Crippen LogP contribution in [0.3, 0.4) is 0 Å². The quantitative estimate of drug-likeness (QED) is 0.0192. The number of unbranched alkanes of at least 4 members (excludes halogenated alkanes) is 16. The molecule has 0 aliphatic heterocycles. The van der Waals surface area contributed by atoms with Crippen LogP contribution in [0.25, 0.3) is 68.3 Å². The maximum Gasteiger partial charge on any atom is 0.311 e. The van der Waals surface area contributed by atoms with Crippen LogP contribution in [0.5, 0.6) is 23.0 Å². The smallest absolute Gasteiger partial charge is 0.311 e. The average molecular weight is 1300 g/mol. The van der Waals surface area contributed by atoms with Crippen molar-refractivity contribution in [2.24, 2.45) is 0 Å². The normalized spacial score (nSPS) is 13.8. The molecule has 0 bridgehead atoms. The molecule has 0 atom stereocenters. The molecule has 6 aromatic carbocycles. The van der Waals surface area contributed by atoms with Gasteiger partial charge >= 0.3 is 5.97 Å². The van der Waals surface area contributed by atoms with Gasteiger partial charge in [-0.15, -0.1) is 0 Å².